The summed E-state index contributed by atoms with van der Waals surface area (Å²) in [5.74, 6) is -1.59. The minimum atomic E-state index is -1.20. The number of benzene rings is 2. The van der Waals surface area contributed by atoms with Gasteiger partial charge in [-0.25, -0.2) is 14.0 Å². The minimum absolute atomic E-state index is 0.191. The summed E-state index contributed by atoms with van der Waals surface area (Å²) in [6, 6.07) is 10.4. The first-order valence-corrected chi connectivity index (χ1v) is 14.3. The van der Waals surface area contributed by atoms with Gasteiger partial charge in [-0.3, -0.25) is 14.5 Å². The number of esters is 1. The Morgan fingerprint density at radius 2 is 1.81 bits per heavy atom. The lowest BCUT2D eigenvalue weighted by atomic mass is 9.89. The molecule has 3 N–H and O–H groups in total. The van der Waals surface area contributed by atoms with Crippen molar-refractivity contribution in [2.24, 2.45) is 0 Å². The Morgan fingerprint density at radius 1 is 1.12 bits per heavy atom. The fraction of sp³-hybridized carbons (Fsp3) is 0.438. The Hall–Kier alpha value is -4.21. The summed E-state index contributed by atoms with van der Waals surface area (Å²) in [4.78, 5) is 55.6. The topological polar surface area (TPSA) is 122 Å². The maximum Gasteiger partial charge on any atom is 0.331 e. The van der Waals surface area contributed by atoms with E-state index in [1.807, 2.05) is 26.8 Å². The van der Waals surface area contributed by atoms with Crippen molar-refractivity contribution in [3.8, 4) is 0 Å². The van der Waals surface area contributed by atoms with Crippen molar-refractivity contribution >= 4 is 29.5 Å². The average molecular weight is 577 g/mol. The molecule has 9 nitrogen and oxygen atoms in total. The molecule has 1 saturated carbocycles. The molecule has 4 amide bonds. The van der Waals surface area contributed by atoms with Crippen LogP contribution in [-0.2, 0) is 37.6 Å². The number of amides is 4. The number of imide groups is 1. The van der Waals surface area contributed by atoms with Crippen molar-refractivity contribution in [3.05, 3.63) is 76.6 Å². The normalized spacial score (nSPS) is 21.8. The van der Waals surface area contributed by atoms with Gasteiger partial charge in [0.2, 0.25) is 5.91 Å². The highest BCUT2D eigenvalue weighted by atomic mass is 19.1. The van der Waals surface area contributed by atoms with E-state index in [0.29, 0.717) is 49.8 Å². The lowest BCUT2D eigenvalue weighted by Gasteiger charge is -2.36. The van der Waals surface area contributed by atoms with Crippen molar-refractivity contribution in [3.63, 3.8) is 0 Å². The molecule has 2 aromatic carbocycles. The third-order valence-corrected chi connectivity index (χ3v) is 8.18. The van der Waals surface area contributed by atoms with Crippen LogP contribution in [0.5, 0.6) is 0 Å². The van der Waals surface area contributed by atoms with E-state index in [2.05, 4.69) is 5.32 Å². The van der Waals surface area contributed by atoms with Gasteiger partial charge in [0.1, 0.15) is 23.5 Å². The maximum atomic E-state index is 13.8. The number of ether oxygens (including phenoxy) is 1. The Balaban J connectivity index is 1.33. The molecule has 222 valence electrons. The van der Waals surface area contributed by atoms with E-state index in [1.165, 1.54) is 18.2 Å². The van der Waals surface area contributed by atoms with Gasteiger partial charge in [0.15, 0.2) is 0 Å². The summed E-state index contributed by atoms with van der Waals surface area (Å²) in [6.45, 7) is 5.23. The summed E-state index contributed by atoms with van der Waals surface area (Å²) < 4.78 is 19.0. The van der Waals surface area contributed by atoms with Crippen LogP contribution in [0.15, 0.2) is 54.1 Å². The van der Waals surface area contributed by atoms with E-state index in [9.17, 15) is 23.6 Å². The van der Waals surface area contributed by atoms with E-state index in [4.69, 9.17) is 10.5 Å². The molecule has 10 heteroatoms. The SMILES string of the molecule is CC(C)(C)OC(=O)C=C1CCC(N(Cc2ccc(F)cc2)C(=O)CN2C(=O)NC3(CCc4cc(N)ccc43)C2=O)CC1. The first-order valence-electron chi connectivity index (χ1n) is 14.3. The predicted octanol–water partition coefficient (Wildman–Crippen LogP) is 4.34. The van der Waals surface area contributed by atoms with Gasteiger partial charge < -0.3 is 20.7 Å². The van der Waals surface area contributed by atoms with Crippen molar-refractivity contribution < 1.29 is 28.3 Å². The number of urea groups is 1. The zero-order valence-electron chi connectivity index (χ0n) is 24.2. The molecule has 1 aliphatic heterocycles. The molecule has 42 heavy (non-hydrogen) atoms. The van der Waals surface area contributed by atoms with Crippen LogP contribution < -0.4 is 11.1 Å². The van der Waals surface area contributed by atoms with Gasteiger partial charge >= 0.3 is 12.0 Å². The van der Waals surface area contributed by atoms with Crippen LogP contribution in [0.3, 0.4) is 0 Å². The van der Waals surface area contributed by atoms with E-state index in [-0.39, 0.29) is 30.3 Å². The summed E-state index contributed by atoms with van der Waals surface area (Å²) in [7, 11) is 0. The number of allylic oxidation sites excluding steroid dienone is 1. The van der Waals surface area contributed by atoms with Gasteiger partial charge in [-0.05, 0) is 100 Å². The molecule has 1 heterocycles. The van der Waals surface area contributed by atoms with Crippen LogP contribution >= 0.6 is 0 Å². The van der Waals surface area contributed by atoms with Gasteiger partial charge in [0, 0.05) is 24.4 Å². The Kier molecular flexibility index (Phi) is 7.83. The third kappa shape index (κ3) is 6.03. The van der Waals surface area contributed by atoms with Gasteiger partial charge in [-0.2, -0.15) is 0 Å². The molecule has 0 aromatic heterocycles. The summed E-state index contributed by atoms with van der Waals surface area (Å²) in [5, 5.41) is 2.86. The lowest BCUT2D eigenvalue weighted by Crippen LogP contribution is -2.48. The molecule has 1 atom stereocenters. The molecule has 2 aliphatic carbocycles. The summed E-state index contributed by atoms with van der Waals surface area (Å²) in [6.07, 6.45) is 4.92. The van der Waals surface area contributed by atoms with Crippen LogP contribution in [-0.4, -0.2) is 51.8 Å². The summed E-state index contributed by atoms with van der Waals surface area (Å²) in [5.41, 5.74) is 8.03. The lowest BCUT2D eigenvalue weighted by molar-refractivity contribution is -0.148. The number of nitrogens with two attached hydrogens (primary N) is 1. The molecular formula is C32H37FN4O5. The highest BCUT2D eigenvalue weighted by Gasteiger charge is 2.55. The molecule has 3 aliphatic rings. The molecular weight excluding hydrogens is 539 g/mol. The number of carbonyl (C=O) groups excluding carboxylic acids is 4. The van der Waals surface area contributed by atoms with Crippen LogP contribution in [0.2, 0.25) is 0 Å². The number of fused-ring (bicyclic) bond motifs is 2. The first-order chi connectivity index (χ1) is 19.8. The van der Waals surface area contributed by atoms with Crippen molar-refractivity contribution in [1.29, 1.82) is 0 Å². The molecule has 0 bridgehead atoms. The van der Waals surface area contributed by atoms with E-state index in [0.717, 1.165) is 21.6 Å². The second-order valence-electron chi connectivity index (χ2n) is 12.4. The first kappa shape index (κ1) is 29.3. The van der Waals surface area contributed by atoms with Crippen LogP contribution in [0.1, 0.15) is 69.6 Å². The fourth-order valence-electron chi connectivity index (χ4n) is 6.18. The van der Waals surface area contributed by atoms with Crippen molar-refractivity contribution in [1.82, 2.24) is 15.1 Å². The number of rotatable bonds is 6. The highest BCUT2D eigenvalue weighted by molar-refractivity contribution is 6.10. The number of carbonyl (C=O) groups is 4. The number of anilines is 1. The van der Waals surface area contributed by atoms with Crippen molar-refractivity contribution in [2.45, 2.75) is 83.0 Å². The number of hydrogen-bond donors (Lipinski definition) is 2. The maximum absolute atomic E-state index is 13.8. The number of hydrogen-bond acceptors (Lipinski definition) is 6. The quantitative estimate of drug-likeness (QED) is 0.228. The van der Waals surface area contributed by atoms with Gasteiger partial charge in [0.25, 0.3) is 5.91 Å². The van der Waals surface area contributed by atoms with E-state index in [1.54, 1.807) is 29.2 Å². The third-order valence-electron chi connectivity index (χ3n) is 8.18. The smallest absolute Gasteiger partial charge is 0.331 e. The van der Waals surface area contributed by atoms with Gasteiger partial charge in [-0.1, -0.05) is 23.8 Å². The van der Waals surface area contributed by atoms with Gasteiger partial charge in [0.05, 0.1) is 0 Å². The second-order valence-corrected chi connectivity index (χ2v) is 12.4. The fourth-order valence-corrected chi connectivity index (χ4v) is 6.18. The van der Waals surface area contributed by atoms with Crippen molar-refractivity contribution in [2.75, 3.05) is 12.3 Å². The number of nitrogens with zero attached hydrogens (tertiary/aromatic N) is 2. The standard InChI is InChI=1S/C32H37FN4O5/c1-31(2,3)42-28(39)16-20-6-11-25(12-7-20)36(18-21-4-8-23(33)9-5-21)27(38)19-37-29(40)32(35-30(37)41)15-14-22-17-24(34)10-13-26(22)32/h4-5,8-10,13,16-17,25H,6-7,11-12,14-15,18-19,34H2,1-3H3,(H,35,41). The van der Waals surface area contributed by atoms with Crippen LogP contribution in [0, 0.1) is 5.82 Å². The largest absolute Gasteiger partial charge is 0.457 e. The van der Waals surface area contributed by atoms with E-state index >= 15 is 0 Å². The molecule has 1 unspecified atom stereocenters. The van der Waals surface area contributed by atoms with Gasteiger partial charge in [-0.15, -0.1) is 0 Å². The monoisotopic (exact) mass is 576 g/mol. The number of aryl methyl sites for hydroxylation is 1. The predicted molar refractivity (Wildman–Crippen MR) is 154 cm³/mol. The molecule has 0 radical (unpaired) electrons. The minimum Gasteiger partial charge on any atom is -0.457 e. The molecule has 2 fully saturated rings. The average Bonchev–Trinajstić information content (AvgIpc) is 3.39. The molecule has 1 saturated heterocycles. The zero-order valence-corrected chi connectivity index (χ0v) is 24.2. The van der Waals surface area contributed by atoms with Crippen LogP contribution in [0.25, 0.3) is 0 Å². The molecule has 2 aromatic rings. The van der Waals surface area contributed by atoms with E-state index < -0.39 is 29.6 Å². The summed E-state index contributed by atoms with van der Waals surface area (Å²) >= 11 is 0. The highest BCUT2D eigenvalue weighted by Crippen LogP contribution is 2.42. The number of nitrogens with one attached hydrogen (secondary N) is 1. The Bertz CT molecular complexity index is 1440. The number of halogens is 1. The van der Waals surface area contributed by atoms with Crippen LogP contribution in [0.4, 0.5) is 14.9 Å². The molecule has 1 spiro atoms. The second kappa shape index (κ2) is 11.2. The Labute approximate surface area is 244 Å². The molecule has 5 rings (SSSR count). The Morgan fingerprint density at radius 3 is 2.48 bits per heavy atom. The zero-order chi connectivity index (χ0) is 30.2. The number of nitrogen functional groups attached to an aromatic ring is 1.